The number of imidazole rings is 1. The van der Waals surface area contributed by atoms with E-state index >= 15 is 0 Å². The van der Waals surface area contributed by atoms with E-state index < -0.39 is 34.1 Å². The highest BCUT2D eigenvalue weighted by molar-refractivity contribution is 7.90. The van der Waals surface area contributed by atoms with Gasteiger partial charge in [0, 0.05) is 24.2 Å². The lowest BCUT2D eigenvalue weighted by Gasteiger charge is -2.25. The highest BCUT2D eigenvalue weighted by Crippen LogP contribution is 2.35. The summed E-state index contributed by atoms with van der Waals surface area (Å²) in [6, 6.07) is 15.8. The molecule has 0 saturated carbocycles. The molecule has 14 heteroatoms. The van der Waals surface area contributed by atoms with E-state index in [2.05, 4.69) is 9.72 Å². The molecule has 0 spiro atoms. The minimum atomic E-state index is -4.88. The summed E-state index contributed by atoms with van der Waals surface area (Å²) in [5, 5.41) is 1.13. The Kier molecular flexibility index (Phi) is 7.84. The third-order valence-corrected chi connectivity index (χ3v) is 6.85. The van der Waals surface area contributed by atoms with Crippen molar-refractivity contribution in [3.8, 4) is 22.6 Å². The van der Waals surface area contributed by atoms with Gasteiger partial charge in [0.25, 0.3) is 6.43 Å². The molecule has 0 fully saturated rings. The third kappa shape index (κ3) is 6.40. The number of sulfone groups is 1. The van der Waals surface area contributed by atoms with E-state index in [1.807, 2.05) is 0 Å². The number of aromatic nitrogens is 2. The molecule has 0 aliphatic heterocycles. The quantitative estimate of drug-likeness (QED) is 0.163. The highest BCUT2D eigenvalue weighted by atomic mass is 32.2. The normalized spacial score (nSPS) is 12.6. The van der Waals surface area contributed by atoms with Crippen molar-refractivity contribution in [1.82, 2.24) is 9.55 Å². The van der Waals surface area contributed by atoms with Crippen LogP contribution >= 0.6 is 0 Å². The maximum atomic E-state index is 13.2. The van der Waals surface area contributed by atoms with Gasteiger partial charge in [0.15, 0.2) is 9.84 Å². The van der Waals surface area contributed by atoms with Crippen molar-refractivity contribution in [2.75, 3.05) is 11.3 Å². The van der Waals surface area contributed by atoms with Gasteiger partial charge in [-0.2, -0.15) is 0 Å². The SMILES string of the molecule is CS(=O)(=O)c1cccc(-c2ccc(-n3cnc(C(F)F)c3)c(N(N)/C(=C\N)c3ccc(OC(F)(F)F)cc3)c2)c1. The summed E-state index contributed by atoms with van der Waals surface area (Å²) in [6.07, 6.45) is -3.21. The fraction of sp³-hybridized carbons (Fsp3) is 0.115. The van der Waals surface area contributed by atoms with Gasteiger partial charge in [0.2, 0.25) is 0 Å². The van der Waals surface area contributed by atoms with Crippen LogP contribution < -0.4 is 21.3 Å². The van der Waals surface area contributed by atoms with Crippen LogP contribution in [0.15, 0.2) is 90.3 Å². The highest BCUT2D eigenvalue weighted by Gasteiger charge is 2.31. The van der Waals surface area contributed by atoms with Crippen molar-refractivity contribution in [3.63, 3.8) is 0 Å². The second-order valence-electron chi connectivity index (χ2n) is 8.50. The molecule has 0 aliphatic rings. The van der Waals surface area contributed by atoms with Crippen molar-refractivity contribution in [1.29, 1.82) is 0 Å². The smallest absolute Gasteiger partial charge is 0.406 e. The number of hydrogen-bond donors (Lipinski definition) is 2. The summed E-state index contributed by atoms with van der Waals surface area (Å²) >= 11 is 0. The molecule has 1 aromatic heterocycles. The van der Waals surface area contributed by atoms with Gasteiger partial charge in [0.05, 0.1) is 28.3 Å². The van der Waals surface area contributed by atoms with Crippen molar-refractivity contribution >= 4 is 21.2 Å². The van der Waals surface area contributed by atoms with Crippen LogP contribution in [0, 0.1) is 0 Å². The number of hydrogen-bond acceptors (Lipinski definition) is 7. The maximum Gasteiger partial charge on any atom is 0.573 e. The van der Waals surface area contributed by atoms with Crippen LogP contribution in [0.1, 0.15) is 17.7 Å². The van der Waals surface area contributed by atoms with Gasteiger partial charge in [-0.05, 0) is 59.7 Å². The summed E-state index contributed by atoms with van der Waals surface area (Å²) in [4.78, 5) is 3.80. The Bertz CT molecular complexity index is 1650. The Labute approximate surface area is 225 Å². The Morgan fingerprint density at radius 2 is 1.73 bits per heavy atom. The largest absolute Gasteiger partial charge is 0.573 e. The molecule has 4 aromatic rings. The predicted octanol–water partition coefficient (Wildman–Crippen LogP) is 5.42. The van der Waals surface area contributed by atoms with Gasteiger partial charge in [-0.15, -0.1) is 13.2 Å². The average molecular weight is 580 g/mol. The molecule has 0 bridgehead atoms. The number of nitrogens with zero attached hydrogens (tertiary/aromatic N) is 3. The molecule has 0 saturated heterocycles. The fourth-order valence-corrected chi connectivity index (χ4v) is 4.54. The average Bonchev–Trinajstić information content (AvgIpc) is 3.39. The topological polar surface area (TPSA) is 116 Å². The Hall–Kier alpha value is -4.43. The first-order valence-corrected chi connectivity index (χ1v) is 13.3. The molecule has 0 radical (unpaired) electrons. The number of benzene rings is 3. The number of ether oxygens (including phenoxy) is 1. The maximum absolute atomic E-state index is 13.2. The number of alkyl halides is 5. The van der Waals surface area contributed by atoms with Gasteiger partial charge in [-0.3, -0.25) is 5.01 Å². The van der Waals surface area contributed by atoms with Crippen molar-refractivity contribution < 1.29 is 35.1 Å². The fourth-order valence-electron chi connectivity index (χ4n) is 3.88. The first-order valence-electron chi connectivity index (χ1n) is 11.4. The Morgan fingerprint density at radius 3 is 2.30 bits per heavy atom. The van der Waals surface area contributed by atoms with E-state index in [1.54, 1.807) is 30.3 Å². The van der Waals surface area contributed by atoms with Crippen LogP contribution in [0.2, 0.25) is 0 Å². The lowest BCUT2D eigenvalue weighted by atomic mass is 10.0. The monoisotopic (exact) mass is 579 g/mol. The zero-order valence-electron chi connectivity index (χ0n) is 20.7. The lowest BCUT2D eigenvalue weighted by Crippen LogP contribution is -2.30. The number of halogens is 5. The van der Waals surface area contributed by atoms with Crippen molar-refractivity contribution in [2.45, 2.75) is 17.7 Å². The van der Waals surface area contributed by atoms with Gasteiger partial charge in [0.1, 0.15) is 11.4 Å². The Morgan fingerprint density at radius 1 is 1.05 bits per heavy atom. The van der Waals surface area contributed by atoms with E-state index in [0.717, 1.165) is 35.8 Å². The Balaban J connectivity index is 1.82. The van der Waals surface area contributed by atoms with Gasteiger partial charge < -0.3 is 15.0 Å². The van der Waals surface area contributed by atoms with Crippen LogP contribution in [-0.4, -0.2) is 30.6 Å². The molecule has 210 valence electrons. The molecule has 0 atom stereocenters. The zero-order chi connectivity index (χ0) is 29.2. The molecule has 1 heterocycles. The van der Waals surface area contributed by atoms with Crippen molar-refractivity contribution in [2.24, 2.45) is 11.6 Å². The van der Waals surface area contributed by atoms with Crippen LogP contribution in [0.3, 0.4) is 0 Å². The summed E-state index contributed by atoms with van der Waals surface area (Å²) in [7, 11) is -3.51. The van der Waals surface area contributed by atoms with E-state index in [-0.39, 0.29) is 16.3 Å². The standard InChI is InChI=1S/C26H22F5N5O3S/c1-40(37,38)20-4-2-3-17(11-20)18-7-10-22(35-14-21(25(27)28)34-15-35)23(12-18)36(33)24(13-32)16-5-8-19(9-6-16)39-26(29,30)31/h2-15,25H,32-33H2,1H3/b24-13-. The molecule has 0 aliphatic carbocycles. The molecule has 4 N–H and O–H groups in total. The second kappa shape index (κ2) is 11.0. The van der Waals surface area contributed by atoms with Crippen LogP contribution in [0.25, 0.3) is 22.5 Å². The first kappa shape index (κ1) is 28.6. The number of hydrazine groups is 1. The molecule has 4 rings (SSSR count). The van der Waals surface area contributed by atoms with Crippen LogP contribution in [0.5, 0.6) is 5.75 Å². The summed E-state index contributed by atoms with van der Waals surface area (Å²) < 4.78 is 93.6. The minimum Gasteiger partial charge on any atom is -0.406 e. The van der Waals surface area contributed by atoms with Gasteiger partial charge in [-0.1, -0.05) is 18.2 Å². The first-order chi connectivity index (χ1) is 18.8. The van der Waals surface area contributed by atoms with Gasteiger partial charge in [-0.25, -0.2) is 28.0 Å². The zero-order valence-corrected chi connectivity index (χ0v) is 21.5. The summed E-state index contributed by atoms with van der Waals surface area (Å²) in [5.74, 6) is 6.01. The van der Waals surface area contributed by atoms with Crippen molar-refractivity contribution in [3.05, 3.63) is 96.7 Å². The van der Waals surface area contributed by atoms with Crippen LogP contribution in [-0.2, 0) is 9.84 Å². The number of anilines is 1. The molecule has 3 aromatic carbocycles. The van der Waals surface area contributed by atoms with E-state index in [9.17, 15) is 30.4 Å². The predicted molar refractivity (Wildman–Crippen MR) is 139 cm³/mol. The van der Waals surface area contributed by atoms with Crippen LogP contribution in [0.4, 0.5) is 27.6 Å². The molecular weight excluding hydrogens is 557 g/mol. The molecule has 40 heavy (non-hydrogen) atoms. The van der Waals surface area contributed by atoms with Gasteiger partial charge >= 0.3 is 6.36 Å². The molecular formula is C26H22F5N5O3S. The molecule has 8 nitrogen and oxygen atoms in total. The molecule has 0 unspecified atom stereocenters. The van der Waals surface area contributed by atoms with E-state index in [0.29, 0.717) is 22.4 Å². The summed E-state index contributed by atoms with van der Waals surface area (Å²) in [5.41, 5.74) is 7.42. The third-order valence-electron chi connectivity index (χ3n) is 5.74. The number of nitrogens with two attached hydrogens (primary N) is 2. The van der Waals surface area contributed by atoms with E-state index in [4.69, 9.17) is 11.6 Å². The molecule has 0 amide bonds. The van der Waals surface area contributed by atoms with E-state index in [1.165, 1.54) is 35.2 Å². The summed E-state index contributed by atoms with van der Waals surface area (Å²) in [6.45, 7) is 0. The minimum absolute atomic E-state index is 0.0834. The second-order valence-corrected chi connectivity index (χ2v) is 10.5. The number of rotatable bonds is 8. The lowest BCUT2D eigenvalue weighted by molar-refractivity contribution is -0.274.